The molecule has 0 spiro atoms. The molecule has 34 heavy (non-hydrogen) atoms. The van der Waals surface area contributed by atoms with Gasteiger partial charge >= 0.3 is 23.5 Å². The number of hydrogen-bond acceptors (Lipinski definition) is 11. The Hall–Kier alpha value is -1.00. The van der Waals surface area contributed by atoms with Gasteiger partial charge in [0, 0.05) is 16.5 Å². The third-order valence-corrected chi connectivity index (χ3v) is 8.61. The van der Waals surface area contributed by atoms with Crippen LogP contribution < -0.4 is 0 Å². The SMILES string of the molecule is Cc1cc2cc([C@@H]3O[C@H](COP(=O)(O)OP(=O)(O)OP(=O)(O)O)[C@H](O)C3O)c(=S)[nH]c2nc1F. The van der Waals surface area contributed by atoms with E-state index in [1.807, 2.05) is 0 Å². The van der Waals surface area contributed by atoms with E-state index in [4.69, 9.17) is 31.6 Å². The number of halogens is 1. The zero-order valence-corrected chi connectivity index (χ0v) is 20.3. The fourth-order valence-corrected chi connectivity index (χ4v) is 6.36. The summed E-state index contributed by atoms with van der Waals surface area (Å²) < 4.78 is 64.7. The highest BCUT2D eigenvalue weighted by molar-refractivity contribution is 7.71. The number of H-pyrrole nitrogens is 1. The molecule has 6 atom stereocenters. The van der Waals surface area contributed by atoms with Gasteiger partial charge in [0.05, 0.1) is 6.61 Å². The molecule has 2 aromatic heterocycles. The summed E-state index contributed by atoms with van der Waals surface area (Å²) >= 11 is 5.19. The maximum Gasteiger partial charge on any atom is 0.490 e. The third-order valence-electron chi connectivity index (χ3n) is 4.47. The second-order valence-corrected chi connectivity index (χ2v) is 11.9. The number of ether oxygens (including phenoxy) is 1. The topological polar surface area (TPSA) is 238 Å². The van der Waals surface area contributed by atoms with Crippen LogP contribution in [0.1, 0.15) is 17.2 Å². The lowest BCUT2D eigenvalue weighted by atomic mass is 10.0. The Morgan fingerprint density at radius 3 is 2.38 bits per heavy atom. The second-order valence-electron chi connectivity index (χ2n) is 7.05. The average Bonchev–Trinajstić information content (AvgIpc) is 2.93. The van der Waals surface area contributed by atoms with Gasteiger partial charge in [-0.25, -0.2) is 18.7 Å². The van der Waals surface area contributed by atoms with Gasteiger partial charge in [0.25, 0.3) is 0 Å². The number of phosphoric acid groups is 3. The Kier molecular flexibility index (Phi) is 7.96. The fraction of sp³-hybridized carbons (Fsp3) is 0.429. The minimum absolute atomic E-state index is 0.00645. The molecule has 0 aromatic carbocycles. The molecular formula is C14H18FN2O13P3S. The zero-order chi connectivity index (χ0) is 25.6. The molecule has 0 aliphatic carbocycles. The number of aromatic nitrogens is 2. The van der Waals surface area contributed by atoms with Gasteiger partial charge in [-0.3, -0.25) is 4.52 Å². The summed E-state index contributed by atoms with van der Waals surface area (Å²) in [5.41, 5.74) is 0.516. The molecule has 1 saturated heterocycles. The van der Waals surface area contributed by atoms with Crippen LogP contribution in [0.15, 0.2) is 12.1 Å². The van der Waals surface area contributed by atoms with E-state index in [0.29, 0.717) is 5.39 Å². The molecule has 190 valence electrons. The van der Waals surface area contributed by atoms with Gasteiger partial charge in [0.1, 0.15) is 34.7 Å². The number of phosphoric ester groups is 1. The summed E-state index contributed by atoms with van der Waals surface area (Å²) in [6.07, 6.45) is -6.07. The van der Waals surface area contributed by atoms with Crippen molar-refractivity contribution in [2.75, 3.05) is 6.61 Å². The van der Waals surface area contributed by atoms with Gasteiger partial charge in [-0.05, 0) is 19.1 Å². The van der Waals surface area contributed by atoms with Crippen LogP contribution in [0.2, 0.25) is 0 Å². The summed E-state index contributed by atoms with van der Waals surface area (Å²) in [6.45, 7) is 0.501. The second kappa shape index (κ2) is 9.81. The van der Waals surface area contributed by atoms with Crippen molar-refractivity contribution in [1.29, 1.82) is 0 Å². The molecule has 3 heterocycles. The molecule has 1 aliphatic rings. The van der Waals surface area contributed by atoms with Crippen LogP contribution in [0.3, 0.4) is 0 Å². The van der Waals surface area contributed by atoms with Gasteiger partial charge in [0.15, 0.2) is 0 Å². The minimum atomic E-state index is -5.73. The van der Waals surface area contributed by atoms with Gasteiger partial charge in [-0.15, -0.1) is 0 Å². The van der Waals surface area contributed by atoms with Crippen LogP contribution in [0.25, 0.3) is 11.0 Å². The zero-order valence-electron chi connectivity index (χ0n) is 16.8. The summed E-state index contributed by atoms with van der Waals surface area (Å²) in [5, 5.41) is 21.1. The van der Waals surface area contributed by atoms with E-state index in [-0.39, 0.29) is 21.4 Å². The molecule has 20 heteroatoms. The Labute approximate surface area is 194 Å². The van der Waals surface area contributed by atoms with Gasteiger partial charge < -0.3 is 39.5 Å². The van der Waals surface area contributed by atoms with Crippen LogP contribution >= 0.6 is 35.7 Å². The number of nitrogens with zero attached hydrogens (tertiary/aromatic N) is 1. The maximum absolute atomic E-state index is 13.7. The molecular weight excluding hydrogens is 548 g/mol. The van der Waals surface area contributed by atoms with Crippen molar-refractivity contribution in [2.24, 2.45) is 0 Å². The van der Waals surface area contributed by atoms with E-state index in [9.17, 15) is 33.2 Å². The predicted molar refractivity (Wildman–Crippen MR) is 111 cm³/mol. The Morgan fingerprint density at radius 1 is 1.12 bits per heavy atom. The Morgan fingerprint density at radius 2 is 1.76 bits per heavy atom. The molecule has 0 bridgehead atoms. The lowest BCUT2D eigenvalue weighted by Gasteiger charge is -2.19. The first-order valence-electron chi connectivity index (χ1n) is 8.98. The largest absolute Gasteiger partial charge is 0.490 e. The van der Waals surface area contributed by atoms with E-state index in [0.717, 1.165) is 0 Å². The third kappa shape index (κ3) is 6.60. The van der Waals surface area contributed by atoms with Crippen molar-refractivity contribution in [2.45, 2.75) is 31.3 Å². The lowest BCUT2D eigenvalue weighted by Crippen LogP contribution is -2.33. The quantitative estimate of drug-likeness (QED) is 0.135. The van der Waals surface area contributed by atoms with Gasteiger partial charge in [-0.2, -0.15) is 13.0 Å². The van der Waals surface area contributed by atoms with E-state index >= 15 is 0 Å². The molecule has 0 amide bonds. The van der Waals surface area contributed by atoms with Gasteiger partial charge in [-0.1, -0.05) is 12.2 Å². The predicted octanol–water partition coefficient (Wildman–Crippen LogP) is 1.24. The van der Waals surface area contributed by atoms with Crippen molar-refractivity contribution < 1.29 is 65.8 Å². The van der Waals surface area contributed by atoms with Crippen LogP contribution in [-0.2, 0) is 31.6 Å². The number of rotatable bonds is 8. The highest BCUT2D eigenvalue weighted by Crippen LogP contribution is 2.66. The first kappa shape index (κ1) is 27.6. The highest BCUT2D eigenvalue weighted by Gasteiger charge is 2.46. The standard InChI is InChI=1S/C14H18FN2O13P3S/c1-5-2-6-3-7(14(34)17-13(6)16-12(5)15)11-10(19)9(18)8(28-11)4-27-32(23,24)30-33(25,26)29-31(20,21)22/h2-3,8-11,18-19H,4H2,1H3,(H,23,24)(H,25,26)(H,16,17,34)(H2,20,21,22)/t8-,9+,10?,11+/m1/s1. The molecule has 2 aromatic rings. The van der Waals surface area contributed by atoms with Crippen molar-refractivity contribution in [1.82, 2.24) is 9.97 Å². The van der Waals surface area contributed by atoms with Crippen molar-refractivity contribution >= 4 is 46.7 Å². The number of aliphatic hydroxyl groups excluding tert-OH is 2. The van der Waals surface area contributed by atoms with E-state index < -0.39 is 60.4 Å². The van der Waals surface area contributed by atoms with Gasteiger partial charge in [0.2, 0.25) is 5.95 Å². The van der Waals surface area contributed by atoms with Crippen molar-refractivity contribution in [3.05, 3.63) is 33.8 Å². The van der Waals surface area contributed by atoms with E-state index in [2.05, 4.69) is 23.1 Å². The highest BCUT2D eigenvalue weighted by atomic mass is 32.1. The van der Waals surface area contributed by atoms with Crippen LogP contribution in [0, 0.1) is 17.5 Å². The number of fused-ring (bicyclic) bond motifs is 1. The van der Waals surface area contributed by atoms with E-state index in [1.165, 1.54) is 19.1 Å². The normalized spacial score (nSPS) is 26.9. The summed E-state index contributed by atoms with van der Waals surface area (Å²) in [7, 11) is -16.8. The first-order valence-corrected chi connectivity index (χ1v) is 13.9. The number of aryl methyl sites for hydroxylation is 1. The number of nitrogens with one attached hydrogen (secondary N) is 1. The molecule has 0 saturated carbocycles. The van der Waals surface area contributed by atoms with Crippen molar-refractivity contribution in [3.8, 4) is 0 Å². The Bertz CT molecular complexity index is 1300. The fourth-order valence-electron chi connectivity index (χ4n) is 3.06. The molecule has 3 unspecified atom stereocenters. The summed E-state index contributed by atoms with van der Waals surface area (Å²) in [4.78, 5) is 42.1. The monoisotopic (exact) mass is 566 g/mol. The molecule has 15 nitrogen and oxygen atoms in total. The van der Waals surface area contributed by atoms with Crippen LogP contribution in [0.4, 0.5) is 4.39 Å². The summed E-state index contributed by atoms with van der Waals surface area (Å²) in [6, 6.07) is 2.90. The first-order chi connectivity index (χ1) is 15.5. The number of aliphatic hydroxyl groups is 2. The number of aromatic amines is 1. The molecule has 1 aliphatic heterocycles. The average molecular weight is 566 g/mol. The maximum atomic E-state index is 13.7. The van der Waals surface area contributed by atoms with Crippen LogP contribution in [-0.4, -0.2) is 64.7 Å². The van der Waals surface area contributed by atoms with E-state index in [1.54, 1.807) is 0 Å². The minimum Gasteiger partial charge on any atom is -0.387 e. The van der Waals surface area contributed by atoms with Crippen LogP contribution in [0.5, 0.6) is 0 Å². The number of hydrogen-bond donors (Lipinski definition) is 7. The Balaban J connectivity index is 1.75. The number of pyridine rings is 2. The lowest BCUT2D eigenvalue weighted by molar-refractivity contribution is -0.0224. The molecule has 3 rings (SSSR count). The summed E-state index contributed by atoms with van der Waals surface area (Å²) in [5.74, 6) is -0.718. The molecule has 0 radical (unpaired) electrons. The molecule has 7 N–H and O–H groups in total. The molecule has 1 fully saturated rings. The van der Waals surface area contributed by atoms with Crippen molar-refractivity contribution in [3.63, 3.8) is 0 Å². The smallest absolute Gasteiger partial charge is 0.387 e.